The molecule has 8 nitrogen and oxygen atoms in total. The van der Waals surface area contributed by atoms with Gasteiger partial charge in [-0.1, -0.05) is 29.9 Å². The van der Waals surface area contributed by atoms with Crippen molar-refractivity contribution < 1.29 is 13.2 Å². The van der Waals surface area contributed by atoms with Crippen LogP contribution in [0.1, 0.15) is 36.5 Å². The fraction of sp³-hybridized carbons (Fsp3) is 0.300. The molecule has 0 radical (unpaired) electrons. The minimum atomic E-state index is -3.65. The molecule has 1 fully saturated rings. The van der Waals surface area contributed by atoms with E-state index in [2.05, 4.69) is 20.5 Å². The van der Waals surface area contributed by atoms with E-state index in [1.165, 1.54) is 27.8 Å². The Bertz CT molecular complexity index is 1150. The Morgan fingerprint density at radius 2 is 2.03 bits per heavy atom. The van der Waals surface area contributed by atoms with E-state index in [9.17, 15) is 13.2 Å². The Balaban J connectivity index is 1.53. The Kier molecular flexibility index (Phi) is 5.89. The molecule has 0 bridgehead atoms. The lowest BCUT2D eigenvalue weighted by molar-refractivity contribution is 0.102. The summed E-state index contributed by atoms with van der Waals surface area (Å²) in [4.78, 5) is 17.0. The van der Waals surface area contributed by atoms with Gasteiger partial charge in [0, 0.05) is 24.3 Å². The summed E-state index contributed by atoms with van der Waals surface area (Å²) in [6, 6.07) is 11.5. The van der Waals surface area contributed by atoms with Crippen LogP contribution in [0.3, 0.4) is 0 Å². The Morgan fingerprint density at radius 1 is 1.17 bits per heavy atom. The normalized spacial score (nSPS) is 17.6. The van der Waals surface area contributed by atoms with Crippen molar-refractivity contribution in [2.75, 3.05) is 11.9 Å². The van der Waals surface area contributed by atoms with Crippen molar-refractivity contribution in [2.24, 2.45) is 0 Å². The van der Waals surface area contributed by atoms with E-state index >= 15 is 0 Å². The first-order valence-electron chi connectivity index (χ1n) is 9.63. The third-order valence-electron chi connectivity index (χ3n) is 4.97. The molecule has 1 amide bonds. The maximum Gasteiger partial charge on any atom is 0.257 e. The first-order valence-corrected chi connectivity index (χ1v) is 11.9. The van der Waals surface area contributed by atoms with E-state index < -0.39 is 15.9 Å². The van der Waals surface area contributed by atoms with E-state index in [0.29, 0.717) is 22.4 Å². The van der Waals surface area contributed by atoms with E-state index in [0.717, 1.165) is 19.3 Å². The molecule has 156 valence electrons. The van der Waals surface area contributed by atoms with Crippen LogP contribution in [0.25, 0.3) is 10.7 Å². The number of nitrogens with zero attached hydrogens (tertiary/aromatic N) is 4. The number of carbonyl (C=O) groups is 1. The van der Waals surface area contributed by atoms with Crippen molar-refractivity contribution >= 4 is 32.4 Å². The van der Waals surface area contributed by atoms with Crippen LogP contribution in [0.5, 0.6) is 0 Å². The van der Waals surface area contributed by atoms with Crippen LogP contribution in [0.15, 0.2) is 53.6 Å². The molecular weight excluding hydrogens is 422 g/mol. The number of hydrogen-bond acceptors (Lipinski definition) is 7. The molecule has 0 aliphatic carbocycles. The number of sulfonamides is 1. The summed E-state index contributed by atoms with van der Waals surface area (Å²) in [7, 11) is -3.65. The monoisotopic (exact) mass is 443 g/mol. The molecule has 1 aliphatic heterocycles. The van der Waals surface area contributed by atoms with Crippen molar-refractivity contribution in [1.29, 1.82) is 0 Å². The van der Waals surface area contributed by atoms with Gasteiger partial charge in [0.15, 0.2) is 5.01 Å². The Labute approximate surface area is 179 Å². The van der Waals surface area contributed by atoms with Gasteiger partial charge in [-0.25, -0.2) is 8.42 Å². The lowest BCUT2D eigenvalue weighted by atomic mass is 10.1. The molecule has 3 aromatic rings. The summed E-state index contributed by atoms with van der Waals surface area (Å²) in [5.41, 5.74) is 0.912. The molecule has 1 N–H and O–H groups in total. The average molecular weight is 444 g/mol. The number of rotatable bonds is 5. The van der Waals surface area contributed by atoms with Gasteiger partial charge in [-0.2, -0.15) is 4.31 Å². The fourth-order valence-electron chi connectivity index (χ4n) is 3.40. The van der Waals surface area contributed by atoms with Gasteiger partial charge >= 0.3 is 0 Å². The topological polar surface area (TPSA) is 105 Å². The average Bonchev–Trinajstić information content (AvgIpc) is 3.23. The summed E-state index contributed by atoms with van der Waals surface area (Å²) >= 11 is 1.20. The zero-order chi connectivity index (χ0) is 21.1. The fourth-order valence-corrected chi connectivity index (χ4v) is 5.86. The van der Waals surface area contributed by atoms with E-state index in [1.807, 2.05) is 19.1 Å². The Hall–Kier alpha value is -2.69. The van der Waals surface area contributed by atoms with Crippen molar-refractivity contribution in [3.63, 3.8) is 0 Å². The molecule has 1 aromatic carbocycles. The highest BCUT2D eigenvalue weighted by Gasteiger charge is 2.31. The molecule has 10 heteroatoms. The van der Waals surface area contributed by atoms with E-state index in [1.54, 1.807) is 24.4 Å². The number of amides is 1. The SMILES string of the molecule is CC1CCCCN1S(=O)(=O)c1cccc(C(=O)Nc2nnc(-c3ccccn3)s2)c1. The standard InChI is InChI=1S/C20H21N5O3S2/c1-14-7-3-5-12-25(14)30(27,28)16-9-6-8-15(13-16)18(26)22-20-24-23-19(29-20)17-10-2-4-11-21-17/h2,4,6,8-11,13-14H,3,5,7,12H2,1H3,(H,22,24,26). The molecular formula is C20H21N5O3S2. The van der Waals surface area contributed by atoms with Crippen LogP contribution in [-0.2, 0) is 10.0 Å². The van der Waals surface area contributed by atoms with Crippen LogP contribution in [0.2, 0.25) is 0 Å². The second-order valence-electron chi connectivity index (χ2n) is 7.07. The number of benzene rings is 1. The summed E-state index contributed by atoms with van der Waals surface area (Å²) in [6.45, 7) is 2.42. The number of hydrogen-bond donors (Lipinski definition) is 1. The smallest absolute Gasteiger partial charge is 0.257 e. The lowest BCUT2D eigenvalue weighted by Gasteiger charge is -2.32. The predicted octanol–water partition coefficient (Wildman–Crippen LogP) is 3.42. The molecule has 1 unspecified atom stereocenters. The van der Waals surface area contributed by atoms with Gasteiger partial charge in [-0.3, -0.25) is 15.1 Å². The second kappa shape index (κ2) is 8.58. The maximum atomic E-state index is 13.1. The van der Waals surface area contributed by atoms with Gasteiger partial charge < -0.3 is 0 Å². The van der Waals surface area contributed by atoms with Gasteiger partial charge in [0.25, 0.3) is 5.91 Å². The molecule has 30 heavy (non-hydrogen) atoms. The zero-order valence-electron chi connectivity index (χ0n) is 16.4. The number of anilines is 1. The van der Waals surface area contributed by atoms with Crippen molar-refractivity contribution in [3.05, 3.63) is 54.2 Å². The van der Waals surface area contributed by atoms with Crippen LogP contribution >= 0.6 is 11.3 Å². The summed E-state index contributed by atoms with van der Waals surface area (Å²) in [5, 5.41) is 11.6. The van der Waals surface area contributed by atoms with Gasteiger partial charge in [0.1, 0.15) is 5.69 Å². The van der Waals surface area contributed by atoms with Gasteiger partial charge in [0.05, 0.1) is 4.90 Å². The summed E-state index contributed by atoms with van der Waals surface area (Å²) in [5.74, 6) is -0.442. The van der Waals surface area contributed by atoms with E-state index in [4.69, 9.17) is 0 Å². The van der Waals surface area contributed by atoms with Crippen LogP contribution in [0, 0.1) is 0 Å². The van der Waals surface area contributed by atoms with E-state index in [-0.39, 0.29) is 16.5 Å². The molecule has 1 atom stereocenters. The third-order valence-corrected chi connectivity index (χ3v) is 7.85. The highest BCUT2D eigenvalue weighted by Crippen LogP contribution is 2.27. The van der Waals surface area contributed by atoms with Gasteiger partial charge in [-0.05, 0) is 50.1 Å². The number of pyridine rings is 1. The summed E-state index contributed by atoms with van der Waals surface area (Å²) < 4.78 is 27.6. The zero-order valence-corrected chi connectivity index (χ0v) is 18.0. The summed E-state index contributed by atoms with van der Waals surface area (Å²) in [6.07, 6.45) is 4.37. The quantitative estimate of drug-likeness (QED) is 0.648. The van der Waals surface area contributed by atoms with Gasteiger partial charge in [-0.15, -0.1) is 10.2 Å². The number of aromatic nitrogens is 3. The highest BCUT2D eigenvalue weighted by molar-refractivity contribution is 7.89. The van der Waals surface area contributed by atoms with Crippen LogP contribution in [0.4, 0.5) is 5.13 Å². The molecule has 2 aromatic heterocycles. The number of piperidine rings is 1. The third kappa shape index (κ3) is 4.25. The molecule has 0 spiro atoms. The Morgan fingerprint density at radius 3 is 2.80 bits per heavy atom. The molecule has 1 aliphatic rings. The molecule has 1 saturated heterocycles. The molecule has 0 saturated carbocycles. The lowest BCUT2D eigenvalue weighted by Crippen LogP contribution is -2.41. The largest absolute Gasteiger partial charge is 0.296 e. The van der Waals surface area contributed by atoms with Crippen LogP contribution < -0.4 is 5.32 Å². The minimum absolute atomic E-state index is 0.0485. The highest BCUT2D eigenvalue weighted by atomic mass is 32.2. The van der Waals surface area contributed by atoms with Crippen molar-refractivity contribution in [1.82, 2.24) is 19.5 Å². The van der Waals surface area contributed by atoms with Crippen molar-refractivity contribution in [3.8, 4) is 10.7 Å². The maximum absolute atomic E-state index is 13.1. The number of carbonyl (C=O) groups excluding carboxylic acids is 1. The molecule has 3 heterocycles. The van der Waals surface area contributed by atoms with Crippen LogP contribution in [-0.4, -0.2) is 46.4 Å². The van der Waals surface area contributed by atoms with Crippen molar-refractivity contribution in [2.45, 2.75) is 37.1 Å². The first kappa shape index (κ1) is 20.6. The second-order valence-corrected chi connectivity index (χ2v) is 9.94. The number of nitrogens with one attached hydrogen (secondary N) is 1. The predicted molar refractivity (Wildman–Crippen MR) is 115 cm³/mol. The van der Waals surface area contributed by atoms with Gasteiger partial charge in [0.2, 0.25) is 15.2 Å². The molecule has 4 rings (SSSR count). The minimum Gasteiger partial charge on any atom is -0.296 e. The first-order chi connectivity index (χ1) is 14.4.